The van der Waals surface area contributed by atoms with Crippen molar-refractivity contribution in [2.75, 3.05) is 31.1 Å². The van der Waals surface area contributed by atoms with E-state index in [1.165, 1.54) is 10.1 Å². The van der Waals surface area contributed by atoms with E-state index in [2.05, 4.69) is 26.9 Å². The molecule has 1 saturated heterocycles. The van der Waals surface area contributed by atoms with Gasteiger partial charge in [-0.25, -0.2) is 9.50 Å². The van der Waals surface area contributed by atoms with Crippen LogP contribution in [0.1, 0.15) is 16.2 Å². The number of aromatic nitrogens is 4. The predicted molar refractivity (Wildman–Crippen MR) is 95.1 cm³/mol. The number of piperazine rings is 1. The van der Waals surface area contributed by atoms with Crippen LogP contribution in [-0.2, 0) is 0 Å². The Kier molecular flexibility index (Phi) is 4.01. The van der Waals surface area contributed by atoms with Crippen LogP contribution < -0.4 is 4.90 Å². The third-order valence-electron chi connectivity index (χ3n) is 4.39. The van der Waals surface area contributed by atoms with E-state index in [1.807, 2.05) is 18.2 Å². The van der Waals surface area contributed by atoms with Crippen molar-refractivity contribution in [2.24, 2.45) is 0 Å². The highest BCUT2D eigenvalue weighted by molar-refractivity contribution is 6.30. The SMILES string of the molecule is Cc1ccc(Cl)cc1N1CCN(C(=O)c2nc3ncccn3n2)CC1. The maximum Gasteiger partial charge on any atom is 0.293 e. The average molecular weight is 357 g/mol. The molecule has 3 aromatic rings. The van der Waals surface area contributed by atoms with Gasteiger partial charge in [0.15, 0.2) is 0 Å². The molecule has 1 aliphatic heterocycles. The molecule has 25 heavy (non-hydrogen) atoms. The van der Waals surface area contributed by atoms with E-state index in [4.69, 9.17) is 11.6 Å². The summed E-state index contributed by atoms with van der Waals surface area (Å²) in [5.74, 6) is 0.457. The number of benzene rings is 1. The molecular formula is C17H17ClN6O. The summed E-state index contributed by atoms with van der Waals surface area (Å²) in [5, 5.41) is 4.93. The molecule has 2 aromatic heterocycles. The van der Waals surface area contributed by atoms with Crippen molar-refractivity contribution < 1.29 is 4.79 Å². The molecule has 1 amide bonds. The fourth-order valence-corrected chi connectivity index (χ4v) is 3.20. The fraction of sp³-hybridized carbons (Fsp3) is 0.294. The zero-order chi connectivity index (χ0) is 17.4. The highest BCUT2D eigenvalue weighted by Gasteiger charge is 2.25. The summed E-state index contributed by atoms with van der Waals surface area (Å²) < 4.78 is 1.51. The summed E-state index contributed by atoms with van der Waals surface area (Å²) >= 11 is 6.12. The molecule has 7 nitrogen and oxygen atoms in total. The number of aryl methyl sites for hydroxylation is 1. The van der Waals surface area contributed by atoms with E-state index >= 15 is 0 Å². The van der Waals surface area contributed by atoms with Crippen LogP contribution in [0.4, 0.5) is 5.69 Å². The van der Waals surface area contributed by atoms with Crippen molar-refractivity contribution >= 4 is 29.0 Å². The number of hydrogen-bond donors (Lipinski definition) is 0. The molecule has 0 spiro atoms. The first-order chi connectivity index (χ1) is 12.1. The number of rotatable bonds is 2. The van der Waals surface area contributed by atoms with Gasteiger partial charge in [-0.2, -0.15) is 4.98 Å². The zero-order valence-corrected chi connectivity index (χ0v) is 14.5. The number of carbonyl (C=O) groups is 1. The molecule has 1 fully saturated rings. The van der Waals surface area contributed by atoms with Crippen LogP contribution in [0.2, 0.25) is 5.02 Å². The van der Waals surface area contributed by atoms with Crippen molar-refractivity contribution in [3.05, 3.63) is 53.1 Å². The normalized spacial score (nSPS) is 15.0. The average Bonchev–Trinajstić information content (AvgIpc) is 3.07. The lowest BCUT2D eigenvalue weighted by Gasteiger charge is -2.36. The molecular weight excluding hydrogens is 340 g/mol. The number of amides is 1. The summed E-state index contributed by atoms with van der Waals surface area (Å²) in [6.07, 6.45) is 3.36. The molecule has 4 rings (SSSR count). The van der Waals surface area contributed by atoms with Gasteiger partial charge in [0.25, 0.3) is 11.7 Å². The molecule has 128 valence electrons. The van der Waals surface area contributed by atoms with Gasteiger partial charge in [0, 0.05) is 49.3 Å². The van der Waals surface area contributed by atoms with E-state index in [9.17, 15) is 4.79 Å². The molecule has 0 N–H and O–H groups in total. The molecule has 8 heteroatoms. The van der Waals surface area contributed by atoms with Crippen LogP contribution in [-0.4, -0.2) is 56.6 Å². The predicted octanol–water partition coefficient (Wildman–Crippen LogP) is 2.05. The molecule has 1 aliphatic rings. The Morgan fingerprint density at radius 1 is 1.20 bits per heavy atom. The summed E-state index contributed by atoms with van der Waals surface area (Å²) in [5.41, 5.74) is 2.30. The summed E-state index contributed by atoms with van der Waals surface area (Å²) in [6.45, 7) is 4.80. The summed E-state index contributed by atoms with van der Waals surface area (Å²) in [4.78, 5) is 25.0. The lowest BCUT2D eigenvalue weighted by atomic mass is 10.1. The van der Waals surface area contributed by atoms with Crippen LogP contribution in [0.25, 0.3) is 5.78 Å². The first-order valence-electron chi connectivity index (χ1n) is 8.09. The fourth-order valence-electron chi connectivity index (χ4n) is 3.04. The van der Waals surface area contributed by atoms with Gasteiger partial charge in [-0.3, -0.25) is 4.79 Å². The summed E-state index contributed by atoms with van der Waals surface area (Å²) in [7, 11) is 0. The number of carbonyl (C=O) groups excluding carboxylic acids is 1. The maximum absolute atomic E-state index is 12.7. The molecule has 0 bridgehead atoms. The van der Waals surface area contributed by atoms with Gasteiger partial charge in [0.05, 0.1) is 0 Å². The number of halogens is 1. The third-order valence-corrected chi connectivity index (χ3v) is 4.62. The minimum Gasteiger partial charge on any atom is -0.368 e. The molecule has 0 saturated carbocycles. The Hall–Kier alpha value is -2.67. The van der Waals surface area contributed by atoms with E-state index in [0.29, 0.717) is 18.9 Å². The Balaban J connectivity index is 1.47. The van der Waals surface area contributed by atoms with E-state index in [0.717, 1.165) is 23.8 Å². The van der Waals surface area contributed by atoms with Crippen LogP contribution in [0.15, 0.2) is 36.7 Å². The Morgan fingerprint density at radius 3 is 2.76 bits per heavy atom. The third kappa shape index (κ3) is 3.02. The van der Waals surface area contributed by atoms with Crippen molar-refractivity contribution in [2.45, 2.75) is 6.92 Å². The minimum atomic E-state index is -0.159. The van der Waals surface area contributed by atoms with Crippen molar-refractivity contribution in [1.29, 1.82) is 0 Å². The number of hydrogen-bond acceptors (Lipinski definition) is 5. The van der Waals surface area contributed by atoms with Gasteiger partial charge in [0.1, 0.15) is 0 Å². The van der Waals surface area contributed by atoms with E-state index in [1.54, 1.807) is 23.4 Å². The van der Waals surface area contributed by atoms with E-state index in [-0.39, 0.29) is 11.7 Å². The molecule has 3 heterocycles. The topological polar surface area (TPSA) is 66.6 Å². The highest BCUT2D eigenvalue weighted by atomic mass is 35.5. The number of anilines is 1. The quantitative estimate of drug-likeness (QED) is 0.703. The monoisotopic (exact) mass is 356 g/mol. The first kappa shape index (κ1) is 15.8. The number of nitrogens with zero attached hydrogens (tertiary/aromatic N) is 6. The van der Waals surface area contributed by atoms with Crippen LogP contribution in [0, 0.1) is 6.92 Å². The second-order valence-corrected chi connectivity index (χ2v) is 6.45. The van der Waals surface area contributed by atoms with Crippen molar-refractivity contribution in [3.8, 4) is 0 Å². The summed E-state index contributed by atoms with van der Waals surface area (Å²) in [6, 6.07) is 7.64. The second kappa shape index (κ2) is 6.33. The lowest BCUT2D eigenvalue weighted by molar-refractivity contribution is 0.0734. The highest BCUT2D eigenvalue weighted by Crippen LogP contribution is 2.25. The Labute approximate surface area is 149 Å². The van der Waals surface area contributed by atoms with Crippen LogP contribution in [0.3, 0.4) is 0 Å². The van der Waals surface area contributed by atoms with Gasteiger partial charge in [-0.05, 0) is 30.7 Å². The second-order valence-electron chi connectivity index (χ2n) is 6.01. The number of fused-ring (bicyclic) bond motifs is 1. The van der Waals surface area contributed by atoms with E-state index < -0.39 is 0 Å². The molecule has 1 aromatic carbocycles. The zero-order valence-electron chi connectivity index (χ0n) is 13.8. The van der Waals surface area contributed by atoms with Gasteiger partial charge in [-0.15, -0.1) is 5.10 Å². The van der Waals surface area contributed by atoms with Gasteiger partial charge < -0.3 is 9.80 Å². The van der Waals surface area contributed by atoms with Gasteiger partial charge in [-0.1, -0.05) is 17.7 Å². The largest absolute Gasteiger partial charge is 0.368 e. The first-order valence-corrected chi connectivity index (χ1v) is 8.47. The van der Waals surface area contributed by atoms with Crippen molar-refractivity contribution in [3.63, 3.8) is 0 Å². The Bertz CT molecular complexity index is 899. The molecule has 0 aliphatic carbocycles. The Morgan fingerprint density at radius 2 is 2.00 bits per heavy atom. The smallest absolute Gasteiger partial charge is 0.293 e. The lowest BCUT2D eigenvalue weighted by Crippen LogP contribution is -2.49. The van der Waals surface area contributed by atoms with Crippen LogP contribution in [0.5, 0.6) is 0 Å². The maximum atomic E-state index is 12.7. The van der Waals surface area contributed by atoms with Crippen LogP contribution >= 0.6 is 11.6 Å². The van der Waals surface area contributed by atoms with Crippen molar-refractivity contribution in [1.82, 2.24) is 24.5 Å². The molecule has 0 unspecified atom stereocenters. The standard InChI is InChI=1S/C17H17ClN6O/c1-12-3-4-13(18)11-14(12)22-7-9-23(10-8-22)16(25)15-20-17-19-5-2-6-24(17)21-15/h2-6,11H,7-10H2,1H3. The minimum absolute atomic E-state index is 0.159. The van der Waals surface area contributed by atoms with Gasteiger partial charge in [0.2, 0.25) is 5.82 Å². The molecule has 0 radical (unpaired) electrons. The van der Waals surface area contributed by atoms with Gasteiger partial charge >= 0.3 is 0 Å². The molecule has 0 atom stereocenters.